The Morgan fingerprint density at radius 1 is 1.22 bits per heavy atom. The van der Waals surface area contributed by atoms with Crippen LogP contribution in [0.25, 0.3) is 0 Å². The van der Waals surface area contributed by atoms with Crippen LogP contribution in [0.15, 0.2) is 0 Å². The Morgan fingerprint density at radius 3 is 2.67 bits per heavy atom. The zero-order valence-corrected chi connectivity index (χ0v) is 12.2. The van der Waals surface area contributed by atoms with Crippen molar-refractivity contribution >= 4 is 5.91 Å². The van der Waals surface area contributed by atoms with Crippen LogP contribution in [0.2, 0.25) is 0 Å². The molecule has 0 saturated carbocycles. The molecule has 0 aromatic rings. The van der Waals surface area contributed by atoms with Crippen LogP contribution in [0.5, 0.6) is 0 Å². The van der Waals surface area contributed by atoms with E-state index in [2.05, 4.69) is 17.1 Å². The molecule has 18 heavy (non-hydrogen) atoms. The summed E-state index contributed by atoms with van der Waals surface area (Å²) in [7, 11) is 0. The molecule has 1 atom stereocenters. The second-order valence-corrected chi connectivity index (χ2v) is 5.61. The molecule has 106 valence electrons. The number of rotatable bonds is 8. The fourth-order valence-corrected chi connectivity index (χ4v) is 2.78. The van der Waals surface area contributed by atoms with Gasteiger partial charge in [-0.1, -0.05) is 39.0 Å². The number of nitrogens with one attached hydrogen (secondary N) is 1. The van der Waals surface area contributed by atoms with E-state index in [0.29, 0.717) is 6.04 Å². The van der Waals surface area contributed by atoms with Crippen LogP contribution < -0.4 is 5.32 Å². The van der Waals surface area contributed by atoms with Gasteiger partial charge in [0, 0.05) is 19.5 Å². The Kier molecular flexibility index (Phi) is 8.06. The summed E-state index contributed by atoms with van der Waals surface area (Å²) in [6, 6.07) is 0.386. The van der Waals surface area contributed by atoms with Crippen LogP contribution >= 0.6 is 0 Å². The summed E-state index contributed by atoms with van der Waals surface area (Å²) in [5, 5.41) is 3.05. The minimum Gasteiger partial charge on any atom is -0.352 e. The lowest BCUT2D eigenvalue weighted by Crippen LogP contribution is -2.47. The van der Waals surface area contributed by atoms with E-state index in [1.807, 2.05) is 0 Å². The van der Waals surface area contributed by atoms with Crippen LogP contribution in [0.1, 0.15) is 65.2 Å². The van der Waals surface area contributed by atoms with Crippen molar-refractivity contribution in [1.29, 1.82) is 0 Å². The number of likely N-dealkylation sites (tertiary alicyclic amines) is 1. The third-order valence-electron chi connectivity index (χ3n) is 3.74. The average Bonchev–Trinajstić information content (AvgIpc) is 2.33. The predicted molar refractivity (Wildman–Crippen MR) is 76.7 cm³/mol. The summed E-state index contributed by atoms with van der Waals surface area (Å²) in [4.78, 5) is 13.6. The monoisotopic (exact) mass is 254 g/mol. The first-order valence-electron chi connectivity index (χ1n) is 7.72. The molecule has 1 heterocycles. The summed E-state index contributed by atoms with van der Waals surface area (Å²) in [5.41, 5.74) is 0. The number of unbranched alkanes of at least 4 members (excludes halogenated alkanes) is 5. The van der Waals surface area contributed by atoms with Crippen LogP contribution in [-0.4, -0.2) is 36.5 Å². The van der Waals surface area contributed by atoms with E-state index in [0.717, 1.165) is 13.0 Å². The third-order valence-corrected chi connectivity index (χ3v) is 3.74. The first-order valence-corrected chi connectivity index (χ1v) is 7.72. The van der Waals surface area contributed by atoms with E-state index < -0.39 is 0 Å². The molecule has 0 spiro atoms. The molecule has 1 N–H and O–H groups in total. The Balaban J connectivity index is 2.05. The minimum atomic E-state index is 0.112. The molecular formula is C15H30N2O. The van der Waals surface area contributed by atoms with Crippen LogP contribution in [0.4, 0.5) is 0 Å². The molecular weight excluding hydrogens is 224 g/mol. The molecule has 0 unspecified atom stereocenters. The van der Waals surface area contributed by atoms with Crippen molar-refractivity contribution < 1.29 is 4.79 Å². The second-order valence-electron chi connectivity index (χ2n) is 5.61. The van der Waals surface area contributed by atoms with Gasteiger partial charge in [-0.2, -0.15) is 0 Å². The maximum absolute atomic E-state index is 11.0. The number of nitrogens with zero attached hydrogens (tertiary/aromatic N) is 1. The van der Waals surface area contributed by atoms with E-state index >= 15 is 0 Å². The van der Waals surface area contributed by atoms with Crippen LogP contribution in [0.3, 0.4) is 0 Å². The highest BCUT2D eigenvalue weighted by Crippen LogP contribution is 2.12. The van der Waals surface area contributed by atoms with Gasteiger partial charge in [-0.15, -0.1) is 0 Å². The fourth-order valence-electron chi connectivity index (χ4n) is 2.78. The van der Waals surface area contributed by atoms with Crippen molar-refractivity contribution in [3.63, 3.8) is 0 Å². The Labute approximate surface area is 112 Å². The van der Waals surface area contributed by atoms with E-state index in [4.69, 9.17) is 0 Å². The smallest absolute Gasteiger partial charge is 0.217 e. The zero-order valence-electron chi connectivity index (χ0n) is 12.2. The largest absolute Gasteiger partial charge is 0.352 e. The molecule has 0 radical (unpaired) electrons. The van der Waals surface area contributed by atoms with Gasteiger partial charge in [-0.25, -0.2) is 0 Å². The summed E-state index contributed by atoms with van der Waals surface area (Å²) in [5.74, 6) is 0.112. The van der Waals surface area contributed by atoms with Gasteiger partial charge in [0.25, 0.3) is 0 Å². The number of hydrogen-bond donors (Lipinski definition) is 1. The van der Waals surface area contributed by atoms with Crippen LogP contribution in [-0.2, 0) is 4.79 Å². The van der Waals surface area contributed by atoms with Gasteiger partial charge < -0.3 is 10.2 Å². The van der Waals surface area contributed by atoms with Gasteiger partial charge in [0.2, 0.25) is 5.91 Å². The van der Waals surface area contributed by atoms with Gasteiger partial charge in [0.05, 0.1) is 0 Å². The number of hydrogen-bond acceptors (Lipinski definition) is 2. The maximum Gasteiger partial charge on any atom is 0.217 e. The highest BCUT2D eigenvalue weighted by atomic mass is 16.1. The Bertz CT molecular complexity index is 231. The zero-order chi connectivity index (χ0) is 13.2. The lowest BCUT2D eigenvalue weighted by Gasteiger charge is -2.32. The van der Waals surface area contributed by atoms with Gasteiger partial charge in [-0.3, -0.25) is 4.79 Å². The lowest BCUT2D eigenvalue weighted by molar-refractivity contribution is -0.120. The van der Waals surface area contributed by atoms with Crippen LogP contribution in [0, 0.1) is 0 Å². The van der Waals surface area contributed by atoms with Gasteiger partial charge in [0.1, 0.15) is 0 Å². The van der Waals surface area contributed by atoms with E-state index in [1.54, 1.807) is 6.92 Å². The lowest BCUT2D eigenvalue weighted by atomic mass is 10.0. The standard InChI is InChI=1S/C15H30N2O/c1-3-4-5-6-7-8-11-17-12-9-10-15(13-17)16-14(2)18/h15H,3-13H2,1-2H3,(H,16,18)/t15-/m0/s1. The number of carbonyl (C=O) groups excluding carboxylic acids is 1. The molecule has 0 aromatic heterocycles. The molecule has 1 saturated heterocycles. The first-order chi connectivity index (χ1) is 8.72. The molecule has 3 heteroatoms. The van der Waals surface area contributed by atoms with Crippen molar-refractivity contribution in [2.24, 2.45) is 0 Å². The molecule has 0 aliphatic carbocycles. The molecule has 1 amide bonds. The summed E-state index contributed by atoms with van der Waals surface area (Å²) >= 11 is 0. The Morgan fingerprint density at radius 2 is 1.94 bits per heavy atom. The Hall–Kier alpha value is -0.570. The molecule has 1 aliphatic rings. The normalized spacial score (nSPS) is 20.9. The van der Waals surface area contributed by atoms with Crippen molar-refractivity contribution in [3.05, 3.63) is 0 Å². The molecule has 1 aliphatic heterocycles. The van der Waals surface area contributed by atoms with E-state index in [1.165, 1.54) is 58.0 Å². The van der Waals surface area contributed by atoms with E-state index in [-0.39, 0.29) is 5.91 Å². The number of amides is 1. The highest BCUT2D eigenvalue weighted by molar-refractivity contribution is 5.73. The molecule has 1 fully saturated rings. The highest BCUT2D eigenvalue weighted by Gasteiger charge is 2.19. The van der Waals surface area contributed by atoms with Gasteiger partial charge in [-0.05, 0) is 32.4 Å². The summed E-state index contributed by atoms with van der Waals surface area (Å²) < 4.78 is 0. The molecule has 3 nitrogen and oxygen atoms in total. The predicted octanol–water partition coefficient (Wildman–Crippen LogP) is 2.95. The number of piperidine rings is 1. The SMILES string of the molecule is CCCCCCCCN1CCC[C@H](NC(C)=O)C1. The average molecular weight is 254 g/mol. The molecule has 0 bridgehead atoms. The van der Waals surface area contributed by atoms with Crippen molar-refractivity contribution in [2.75, 3.05) is 19.6 Å². The summed E-state index contributed by atoms with van der Waals surface area (Å²) in [6.07, 6.45) is 10.5. The maximum atomic E-state index is 11.0. The van der Waals surface area contributed by atoms with E-state index in [9.17, 15) is 4.79 Å². The van der Waals surface area contributed by atoms with Crippen molar-refractivity contribution in [3.8, 4) is 0 Å². The van der Waals surface area contributed by atoms with Gasteiger partial charge in [0.15, 0.2) is 0 Å². The molecule has 0 aromatic carbocycles. The first kappa shape index (κ1) is 15.5. The van der Waals surface area contributed by atoms with Crippen molar-refractivity contribution in [1.82, 2.24) is 10.2 Å². The quantitative estimate of drug-likeness (QED) is 0.675. The molecule has 1 rings (SSSR count). The number of carbonyl (C=O) groups is 1. The topological polar surface area (TPSA) is 32.3 Å². The van der Waals surface area contributed by atoms with Gasteiger partial charge >= 0.3 is 0 Å². The fraction of sp³-hybridized carbons (Fsp3) is 0.933. The summed E-state index contributed by atoms with van der Waals surface area (Å²) in [6.45, 7) is 7.35. The third kappa shape index (κ3) is 7.00. The minimum absolute atomic E-state index is 0.112. The van der Waals surface area contributed by atoms with Crippen molar-refractivity contribution in [2.45, 2.75) is 71.3 Å². The second kappa shape index (κ2) is 9.37.